The highest BCUT2D eigenvalue weighted by atomic mass is 16.3. The Morgan fingerprint density at radius 3 is 2.90 bits per heavy atom. The summed E-state index contributed by atoms with van der Waals surface area (Å²) in [5.74, 6) is 1.10. The number of amides is 1. The van der Waals surface area contributed by atoms with Crippen molar-refractivity contribution < 1.29 is 9.21 Å². The minimum absolute atomic E-state index is 0.0539. The third-order valence-corrected chi connectivity index (χ3v) is 4.02. The van der Waals surface area contributed by atoms with Gasteiger partial charge in [-0.2, -0.15) is 0 Å². The summed E-state index contributed by atoms with van der Waals surface area (Å²) in [7, 11) is 1.84. The molecule has 110 valence electrons. The lowest BCUT2D eigenvalue weighted by molar-refractivity contribution is -0.118. The fraction of sp³-hybridized carbons (Fsp3) is 0.353. The molecule has 0 fully saturated rings. The molecule has 2 heterocycles. The van der Waals surface area contributed by atoms with Gasteiger partial charge in [0.2, 0.25) is 5.91 Å². The second-order valence-corrected chi connectivity index (χ2v) is 5.35. The molecular formula is C17H20N2O2. The summed E-state index contributed by atoms with van der Waals surface area (Å²) in [4.78, 5) is 13.5. The van der Waals surface area contributed by atoms with Crippen LogP contribution < -0.4 is 10.2 Å². The number of carbonyl (C=O) groups excluding carboxylic acids is 1. The standard InChI is InChI=1S/C17H20N2O2/c1-3-18-17(15-5-4-10-21-15)13-6-8-14-12(11-13)7-9-16(20)19(14)2/h4-6,8,10-11,17-18H,3,7,9H2,1-2H3. The molecule has 2 aromatic rings. The number of benzene rings is 1. The summed E-state index contributed by atoms with van der Waals surface area (Å²) < 4.78 is 5.56. The van der Waals surface area contributed by atoms with Crippen LogP contribution in [0.1, 0.15) is 36.3 Å². The number of rotatable bonds is 4. The van der Waals surface area contributed by atoms with Gasteiger partial charge >= 0.3 is 0 Å². The maximum absolute atomic E-state index is 11.8. The van der Waals surface area contributed by atoms with E-state index in [9.17, 15) is 4.79 Å². The van der Waals surface area contributed by atoms with E-state index in [2.05, 4.69) is 24.4 Å². The summed E-state index contributed by atoms with van der Waals surface area (Å²) in [6.07, 6.45) is 3.09. The predicted octanol–water partition coefficient (Wildman–Crippen LogP) is 2.89. The van der Waals surface area contributed by atoms with Crippen LogP contribution in [0.15, 0.2) is 41.0 Å². The first-order valence-electron chi connectivity index (χ1n) is 7.37. The van der Waals surface area contributed by atoms with E-state index in [0.717, 1.165) is 24.4 Å². The maximum atomic E-state index is 11.8. The van der Waals surface area contributed by atoms with Crippen LogP contribution in [0, 0.1) is 0 Å². The van der Waals surface area contributed by atoms with Gasteiger partial charge in [0.1, 0.15) is 5.76 Å². The second kappa shape index (κ2) is 5.74. The lowest BCUT2D eigenvalue weighted by atomic mass is 9.95. The van der Waals surface area contributed by atoms with Crippen LogP contribution in [0.4, 0.5) is 5.69 Å². The third kappa shape index (κ3) is 2.59. The predicted molar refractivity (Wildman–Crippen MR) is 82.4 cm³/mol. The monoisotopic (exact) mass is 284 g/mol. The molecule has 1 atom stereocenters. The molecule has 21 heavy (non-hydrogen) atoms. The van der Waals surface area contributed by atoms with Gasteiger partial charge in [0, 0.05) is 19.2 Å². The molecule has 1 unspecified atom stereocenters. The first-order chi connectivity index (χ1) is 10.2. The smallest absolute Gasteiger partial charge is 0.227 e. The highest BCUT2D eigenvalue weighted by Crippen LogP contribution is 2.31. The van der Waals surface area contributed by atoms with Crippen molar-refractivity contribution in [2.24, 2.45) is 0 Å². The fourth-order valence-corrected chi connectivity index (χ4v) is 2.90. The third-order valence-electron chi connectivity index (χ3n) is 4.02. The Morgan fingerprint density at radius 2 is 2.19 bits per heavy atom. The van der Waals surface area contributed by atoms with E-state index in [-0.39, 0.29) is 11.9 Å². The zero-order valence-corrected chi connectivity index (χ0v) is 12.4. The molecule has 0 bridgehead atoms. The number of fused-ring (bicyclic) bond motifs is 1. The van der Waals surface area contributed by atoms with Crippen LogP contribution in [0.25, 0.3) is 0 Å². The molecule has 1 aliphatic rings. The van der Waals surface area contributed by atoms with Gasteiger partial charge in [-0.15, -0.1) is 0 Å². The van der Waals surface area contributed by atoms with E-state index in [1.807, 2.05) is 25.2 Å². The van der Waals surface area contributed by atoms with Crippen LogP contribution >= 0.6 is 0 Å². The van der Waals surface area contributed by atoms with Crippen LogP contribution in [0.3, 0.4) is 0 Å². The van der Waals surface area contributed by atoms with E-state index < -0.39 is 0 Å². The zero-order chi connectivity index (χ0) is 14.8. The van der Waals surface area contributed by atoms with Crippen LogP contribution in [-0.2, 0) is 11.2 Å². The van der Waals surface area contributed by atoms with Crippen LogP contribution in [0.5, 0.6) is 0 Å². The van der Waals surface area contributed by atoms with Crippen molar-refractivity contribution in [2.75, 3.05) is 18.5 Å². The van der Waals surface area contributed by atoms with Gasteiger partial charge in [0.15, 0.2) is 0 Å². The summed E-state index contributed by atoms with van der Waals surface area (Å²) in [5.41, 5.74) is 3.42. The van der Waals surface area contributed by atoms with E-state index in [1.165, 1.54) is 11.1 Å². The fourth-order valence-electron chi connectivity index (χ4n) is 2.90. The lowest BCUT2D eigenvalue weighted by Gasteiger charge is -2.27. The van der Waals surface area contributed by atoms with Gasteiger partial charge in [0.25, 0.3) is 0 Å². The molecule has 4 nitrogen and oxygen atoms in total. The average Bonchev–Trinajstić information content (AvgIpc) is 3.02. The first-order valence-corrected chi connectivity index (χ1v) is 7.37. The maximum Gasteiger partial charge on any atom is 0.227 e. The van der Waals surface area contributed by atoms with Crippen molar-refractivity contribution in [3.63, 3.8) is 0 Å². The summed E-state index contributed by atoms with van der Waals surface area (Å²) in [5, 5.41) is 3.45. The summed E-state index contributed by atoms with van der Waals surface area (Å²) >= 11 is 0. The Balaban J connectivity index is 1.97. The first kappa shape index (κ1) is 13.9. The number of nitrogens with zero attached hydrogens (tertiary/aromatic N) is 1. The van der Waals surface area contributed by atoms with Gasteiger partial charge in [-0.3, -0.25) is 4.79 Å². The minimum atomic E-state index is 0.0539. The van der Waals surface area contributed by atoms with E-state index in [4.69, 9.17) is 4.42 Å². The molecule has 1 N–H and O–H groups in total. The molecule has 0 radical (unpaired) electrons. The van der Waals surface area contributed by atoms with Crippen molar-refractivity contribution >= 4 is 11.6 Å². The largest absolute Gasteiger partial charge is 0.467 e. The van der Waals surface area contributed by atoms with E-state index >= 15 is 0 Å². The topological polar surface area (TPSA) is 45.5 Å². The molecule has 1 amide bonds. The van der Waals surface area contributed by atoms with Crippen molar-refractivity contribution in [2.45, 2.75) is 25.8 Å². The molecule has 4 heteroatoms. The number of furan rings is 1. The molecular weight excluding hydrogens is 264 g/mol. The quantitative estimate of drug-likeness (QED) is 0.939. The van der Waals surface area contributed by atoms with Gasteiger partial charge in [0.05, 0.1) is 12.3 Å². The van der Waals surface area contributed by atoms with Crippen LogP contribution in [-0.4, -0.2) is 19.5 Å². The molecule has 1 aliphatic heterocycles. The van der Waals surface area contributed by atoms with Gasteiger partial charge in [-0.05, 0) is 42.3 Å². The highest BCUT2D eigenvalue weighted by Gasteiger charge is 2.23. The Morgan fingerprint density at radius 1 is 1.33 bits per heavy atom. The number of nitrogens with one attached hydrogen (secondary N) is 1. The average molecular weight is 284 g/mol. The summed E-state index contributed by atoms with van der Waals surface area (Å²) in [6.45, 7) is 2.95. The number of hydrogen-bond acceptors (Lipinski definition) is 3. The number of carbonyl (C=O) groups is 1. The minimum Gasteiger partial charge on any atom is -0.467 e. The van der Waals surface area contributed by atoms with Crippen molar-refractivity contribution in [3.05, 3.63) is 53.5 Å². The molecule has 1 aromatic carbocycles. The Labute approximate surface area is 124 Å². The van der Waals surface area contributed by atoms with Crippen LogP contribution in [0.2, 0.25) is 0 Å². The molecule has 0 spiro atoms. The zero-order valence-electron chi connectivity index (χ0n) is 12.4. The molecule has 0 saturated heterocycles. The highest BCUT2D eigenvalue weighted by molar-refractivity contribution is 5.95. The number of aryl methyl sites for hydroxylation is 1. The SMILES string of the molecule is CCNC(c1ccc2c(c1)CCC(=O)N2C)c1ccco1. The Bertz CT molecular complexity index is 634. The van der Waals surface area contributed by atoms with Crippen molar-refractivity contribution in [1.29, 1.82) is 0 Å². The molecule has 0 aliphatic carbocycles. The molecule has 1 aromatic heterocycles. The molecule has 3 rings (SSSR count). The Hall–Kier alpha value is -2.07. The van der Waals surface area contributed by atoms with Gasteiger partial charge in [-0.1, -0.05) is 19.1 Å². The lowest BCUT2D eigenvalue weighted by Crippen LogP contribution is -2.31. The Kier molecular flexibility index (Phi) is 3.80. The van der Waals surface area contributed by atoms with Crippen molar-refractivity contribution in [3.8, 4) is 0 Å². The van der Waals surface area contributed by atoms with E-state index in [0.29, 0.717) is 6.42 Å². The molecule has 0 saturated carbocycles. The number of hydrogen-bond donors (Lipinski definition) is 1. The normalized spacial score (nSPS) is 15.9. The summed E-state index contributed by atoms with van der Waals surface area (Å²) in [6, 6.07) is 10.2. The van der Waals surface area contributed by atoms with Crippen molar-refractivity contribution in [1.82, 2.24) is 5.32 Å². The second-order valence-electron chi connectivity index (χ2n) is 5.35. The van der Waals surface area contributed by atoms with Gasteiger partial charge < -0.3 is 14.6 Å². The van der Waals surface area contributed by atoms with E-state index in [1.54, 1.807) is 11.2 Å². The van der Waals surface area contributed by atoms with Gasteiger partial charge in [-0.25, -0.2) is 0 Å². The number of anilines is 1.